The van der Waals surface area contributed by atoms with E-state index >= 15 is 0 Å². The van der Waals surface area contributed by atoms with Crippen molar-refractivity contribution < 1.29 is 0 Å². The quantitative estimate of drug-likeness (QED) is 0.493. The number of aromatic nitrogens is 2. The van der Waals surface area contributed by atoms with Crippen LogP contribution in [0.1, 0.15) is 18.4 Å². The molecule has 1 atom stereocenters. The Kier molecular flexibility index (Phi) is 4.34. The molecule has 1 aliphatic rings. The normalized spacial score (nSPS) is 19.9. The molecular formula is C13H19N5S. The molecular weight excluding hydrogens is 258 g/mol. The van der Waals surface area contributed by atoms with Gasteiger partial charge in [-0.2, -0.15) is 0 Å². The molecule has 1 unspecified atom stereocenters. The van der Waals surface area contributed by atoms with Crippen LogP contribution in [-0.2, 0) is 6.54 Å². The summed E-state index contributed by atoms with van der Waals surface area (Å²) in [5.74, 6) is 0. The van der Waals surface area contributed by atoms with Gasteiger partial charge in [0, 0.05) is 49.0 Å². The fourth-order valence-corrected chi connectivity index (χ4v) is 3.04. The van der Waals surface area contributed by atoms with Gasteiger partial charge in [-0.05, 0) is 37.1 Å². The first-order valence-electron chi connectivity index (χ1n) is 6.69. The van der Waals surface area contributed by atoms with E-state index in [0.717, 1.165) is 25.3 Å². The first-order chi connectivity index (χ1) is 9.43. The molecule has 6 heteroatoms. The van der Waals surface area contributed by atoms with Crippen molar-refractivity contribution >= 4 is 23.2 Å². The first kappa shape index (κ1) is 12.9. The Morgan fingerprint density at radius 1 is 1.42 bits per heavy atom. The minimum atomic E-state index is 0.566. The number of hydrogen-bond donors (Lipinski definition) is 4. The van der Waals surface area contributed by atoms with Crippen LogP contribution in [-0.4, -0.2) is 29.1 Å². The molecule has 0 aliphatic carbocycles. The van der Waals surface area contributed by atoms with Crippen LogP contribution in [0.2, 0.25) is 0 Å². The molecule has 1 fully saturated rings. The number of pyridine rings is 1. The third kappa shape index (κ3) is 3.27. The highest BCUT2D eigenvalue weighted by molar-refractivity contribution is 7.95. The van der Waals surface area contributed by atoms with Crippen LogP contribution in [0.25, 0.3) is 11.0 Å². The molecule has 0 radical (unpaired) electrons. The zero-order valence-electron chi connectivity index (χ0n) is 10.8. The van der Waals surface area contributed by atoms with Gasteiger partial charge in [0.25, 0.3) is 0 Å². The van der Waals surface area contributed by atoms with Crippen molar-refractivity contribution in [1.82, 2.24) is 24.7 Å². The predicted octanol–water partition coefficient (Wildman–Crippen LogP) is 1.56. The second-order valence-electron chi connectivity index (χ2n) is 4.79. The van der Waals surface area contributed by atoms with Gasteiger partial charge in [0.15, 0.2) is 0 Å². The number of aromatic amines is 1. The van der Waals surface area contributed by atoms with Gasteiger partial charge in [0.05, 0.1) is 0 Å². The standard InChI is InChI=1S/C13H19N5S/c1-2-11(9-14-5-1)18-19-17-8-10-3-6-15-13-12(10)4-7-16-13/h3-4,6-7,11,14,17-18H,1-2,5,8-9H2,(H,15,16). The van der Waals surface area contributed by atoms with Crippen molar-refractivity contribution in [2.24, 2.45) is 0 Å². The number of nitrogens with zero attached hydrogens (tertiary/aromatic N) is 1. The van der Waals surface area contributed by atoms with E-state index in [-0.39, 0.29) is 0 Å². The fraction of sp³-hybridized carbons (Fsp3) is 0.462. The Morgan fingerprint density at radius 3 is 3.32 bits per heavy atom. The molecule has 1 saturated heterocycles. The topological polar surface area (TPSA) is 64.8 Å². The molecule has 2 aromatic heterocycles. The lowest BCUT2D eigenvalue weighted by molar-refractivity contribution is 0.440. The van der Waals surface area contributed by atoms with E-state index in [0.29, 0.717) is 6.04 Å². The number of piperidine rings is 1. The molecule has 5 nitrogen and oxygen atoms in total. The van der Waals surface area contributed by atoms with E-state index in [4.69, 9.17) is 0 Å². The van der Waals surface area contributed by atoms with Gasteiger partial charge in [-0.15, -0.1) is 0 Å². The molecule has 0 aromatic carbocycles. The highest BCUT2D eigenvalue weighted by atomic mass is 32.2. The van der Waals surface area contributed by atoms with Crippen LogP contribution in [0.15, 0.2) is 24.5 Å². The fourth-order valence-electron chi connectivity index (χ4n) is 2.36. The molecule has 19 heavy (non-hydrogen) atoms. The van der Waals surface area contributed by atoms with Gasteiger partial charge in [-0.3, -0.25) is 0 Å². The lowest BCUT2D eigenvalue weighted by Crippen LogP contribution is -2.41. The summed E-state index contributed by atoms with van der Waals surface area (Å²) in [6.07, 6.45) is 6.28. The average molecular weight is 277 g/mol. The maximum absolute atomic E-state index is 4.29. The Balaban J connectivity index is 1.48. The number of H-pyrrole nitrogens is 1. The molecule has 2 aromatic rings. The number of rotatable bonds is 5. The van der Waals surface area contributed by atoms with Crippen LogP contribution in [0.5, 0.6) is 0 Å². The van der Waals surface area contributed by atoms with Gasteiger partial charge < -0.3 is 10.3 Å². The van der Waals surface area contributed by atoms with Gasteiger partial charge >= 0.3 is 0 Å². The van der Waals surface area contributed by atoms with E-state index in [9.17, 15) is 0 Å². The molecule has 0 saturated carbocycles. The number of fused-ring (bicyclic) bond motifs is 1. The monoisotopic (exact) mass is 277 g/mol. The summed E-state index contributed by atoms with van der Waals surface area (Å²) in [6.45, 7) is 3.04. The molecule has 102 valence electrons. The lowest BCUT2D eigenvalue weighted by atomic mass is 10.1. The zero-order valence-corrected chi connectivity index (χ0v) is 11.6. The maximum atomic E-state index is 4.29. The van der Waals surface area contributed by atoms with Crippen molar-refractivity contribution in [2.45, 2.75) is 25.4 Å². The van der Waals surface area contributed by atoms with Crippen molar-refractivity contribution in [3.63, 3.8) is 0 Å². The van der Waals surface area contributed by atoms with Crippen LogP contribution < -0.4 is 14.8 Å². The largest absolute Gasteiger partial charge is 0.346 e. The summed E-state index contributed by atoms with van der Waals surface area (Å²) >= 11 is 1.60. The second kappa shape index (κ2) is 6.38. The van der Waals surface area contributed by atoms with Crippen molar-refractivity contribution in [2.75, 3.05) is 13.1 Å². The third-order valence-electron chi connectivity index (χ3n) is 3.41. The Bertz CT molecular complexity index is 520. The van der Waals surface area contributed by atoms with Crippen molar-refractivity contribution in [1.29, 1.82) is 0 Å². The summed E-state index contributed by atoms with van der Waals surface area (Å²) in [5, 5.41) is 4.59. The summed E-state index contributed by atoms with van der Waals surface area (Å²) in [6, 6.07) is 4.70. The molecule has 4 N–H and O–H groups in total. The van der Waals surface area contributed by atoms with Crippen molar-refractivity contribution in [3.05, 3.63) is 30.1 Å². The van der Waals surface area contributed by atoms with E-state index in [2.05, 4.69) is 36.9 Å². The van der Waals surface area contributed by atoms with E-state index in [1.54, 1.807) is 12.1 Å². The third-order valence-corrected chi connectivity index (χ3v) is 4.15. The molecule has 3 rings (SSSR count). The number of hydrogen-bond acceptors (Lipinski definition) is 5. The smallest absolute Gasteiger partial charge is 0.137 e. The SMILES string of the molecule is c1cc(CNSNC2CCCNC2)c2cc[nH]c2n1. The lowest BCUT2D eigenvalue weighted by Gasteiger charge is -2.23. The van der Waals surface area contributed by atoms with Gasteiger partial charge in [-0.1, -0.05) is 0 Å². The first-order valence-corrected chi connectivity index (χ1v) is 7.51. The molecule has 1 aliphatic heterocycles. The van der Waals surface area contributed by atoms with E-state index < -0.39 is 0 Å². The number of nitrogens with one attached hydrogen (secondary N) is 4. The van der Waals surface area contributed by atoms with E-state index in [1.807, 2.05) is 12.4 Å². The molecule has 0 bridgehead atoms. The van der Waals surface area contributed by atoms with Crippen molar-refractivity contribution in [3.8, 4) is 0 Å². The summed E-state index contributed by atoms with van der Waals surface area (Å²) < 4.78 is 6.82. The summed E-state index contributed by atoms with van der Waals surface area (Å²) in [5.41, 5.74) is 2.22. The second-order valence-corrected chi connectivity index (χ2v) is 5.52. The van der Waals surface area contributed by atoms with Crippen LogP contribution in [0.4, 0.5) is 0 Å². The average Bonchev–Trinajstić information content (AvgIpc) is 2.94. The predicted molar refractivity (Wildman–Crippen MR) is 79.6 cm³/mol. The Labute approximate surface area is 117 Å². The van der Waals surface area contributed by atoms with Gasteiger partial charge in [-0.25, -0.2) is 14.4 Å². The minimum Gasteiger partial charge on any atom is -0.346 e. The van der Waals surface area contributed by atoms with Crippen LogP contribution in [0, 0.1) is 0 Å². The van der Waals surface area contributed by atoms with Crippen LogP contribution >= 0.6 is 12.1 Å². The summed E-state index contributed by atoms with van der Waals surface area (Å²) in [7, 11) is 0. The van der Waals surface area contributed by atoms with Gasteiger partial charge in [0.2, 0.25) is 0 Å². The molecule has 0 spiro atoms. The summed E-state index contributed by atoms with van der Waals surface area (Å²) in [4.78, 5) is 7.42. The highest BCUT2D eigenvalue weighted by Crippen LogP contribution is 2.15. The highest BCUT2D eigenvalue weighted by Gasteiger charge is 2.11. The Morgan fingerprint density at radius 2 is 2.42 bits per heavy atom. The molecule has 0 amide bonds. The maximum Gasteiger partial charge on any atom is 0.137 e. The van der Waals surface area contributed by atoms with E-state index in [1.165, 1.54) is 23.8 Å². The minimum absolute atomic E-state index is 0.566. The van der Waals surface area contributed by atoms with Crippen LogP contribution in [0.3, 0.4) is 0 Å². The zero-order chi connectivity index (χ0) is 12.9. The van der Waals surface area contributed by atoms with Gasteiger partial charge in [0.1, 0.15) is 5.65 Å². The Hall–Kier alpha value is -1.08. The molecule has 3 heterocycles.